The molecule has 2 aliphatic heterocycles. The quantitative estimate of drug-likeness (QED) is 0.765. The molecule has 0 aromatic rings. The van der Waals surface area contributed by atoms with E-state index in [2.05, 4.69) is 22.1 Å². The van der Waals surface area contributed by atoms with Gasteiger partial charge in [0, 0.05) is 25.6 Å². The van der Waals surface area contributed by atoms with Crippen molar-refractivity contribution < 1.29 is 0 Å². The number of aliphatic imine (C=N–C) groups is 1. The van der Waals surface area contributed by atoms with Gasteiger partial charge < -0.3 is 10.2 Å². The molecule has 0 aromatic heterocycles. The first-order valence-corrected chi connectivity index (χ1v) is 6.37. The average Bonchev–Trinajstić information content (AvgIpc) is 2.71. The normalized spacial score (nSPS) is 25.0. The van der Waals surface area contributed by atoms with Gasteiger partial charge in [-0.2, -0.15) is 0 Å². The molecule has 0 amide bonds. The van der Waals surface area contributed by atoms with Crippen LogP contribution in [-0.2, 0) is 0 Å². The van der Waals surface area contributed by atoms with Gasteiger partial charge >= 0.3 is 0 Å². The number of likely N-dealkylation sites (tertiary alicyclic amines) is 1. The Morgan fingerprint density at radius 2 is 2.07 bits per heavy atom. The van der Waals surface area contributed by atoms with Gasteiger partial charge in [-0.15, -0.1) is 0 Å². The zero-order valence-electron chi connectivity index (χ0n) is 9.84. The van der Waals surface area contributed by atoms with Gasteiger partial charge in [0.15, 0.2) is 0 Å². The maximum atomic E-state index is 4.46. The molecule has 1 atom stereocenters. The van der Waals surface area contributed by atoms with E-state index in [9.17, 15) is 0 Å². The highest BCUT2D eigenvalue weighted by Crippen LogP contribution is 2.09. The molecule has 1 N–H and O–H groups in total. The second-order valence-corrected chi connectivity index (χ2v) is 4.84. The topological polar surface area (TPSA) is 27.6 Å². The van der Waals surface area contributed by atoms with Crippen LogP contribution in [0.4, 0.5) is 0 Å². The van der Waals surface area contributed by atoms with E-state index in [1.54, 1.807) is 0 Å². The maximum Gasteiger partial charge on any atom is 0.0966 e. The van der Waals surface area contributed by atoms with Crippen molar-refractivity contribution in [3.05, 3.63) is 0 Å². The van der Waals surface area contributed by atoms with E-state index < -0.39 is 0 Å². The van der Waals surface area contributed by atoms with Crippen LogP contribution < -0.4 is 5.32 Å². The van der Waals surface area contributed by atoms with Crippen molar-refractivity contribution in [2.24, 2.45) is 4.99 Å². The van der Waals surface area contributed by atoms with Crippen molar-refractivity contribution in [1.29, 1.82) is 0 Å². The van der Waals surface area contributed by atoms with Gasteiger partial charge in [-0.1, -0.05) is 6.42 Å². The Labute approximate surface area is 92.9 Å². The third kappa shape index (κ3) is 3.49. The Bertz CT molecular complexity index is 219. The van der Waals surface area contributed by atoms with Crippen LogP contribution in [0.2, 0.25) is 0 Å². The summed E-state index contributed by atoms with van der Waals surface area (Å²) in [5, 5.41) is 3.53. The van der Waals surface area contributed by atoms with Gasteiger partial charge in [0.2, 0.25) is 0 Å². The summed E-state index contributed by atoms with van der Waals surface area (Å²) in [7, 11) is 0. The van der Waals surface area contributed by atoms with Gasteiger partial charge in [-0.3, -0.25) is 4.99 Å². The molecule has 2 heterocycles. The monoisotopic (exact) mass is 209 g/mol. The lowest BCUT2D eigenvalue weighted by atomic mass is 10.1. The fraction of sp³-hybridized carbons (Fsp3) is 0.917. The molecule has 0 aromatic carbocycles. The summed E-state index contributed by atoms with van der Waals surface area (Å²) in [5.74, 6) is 1.24. The number of hydrogen-bond donors (Lipinski definition) is 1. The lowest BCUT2D eigenvalue weighted by Crippen LogP contribution is -2.43. The molecule has 0 aliphatic carbocycles. The van der Waals surface area contributed by atoms with Gasteiger partial charge in [-0.25, -0.2) is 0 Å². The average molecular weight is 209 g/mol. The standard InChI is InChI=1S/C12H23N3/c1-11(14-12-6-5-7-13-12)10-15-8-3-2-4-9-15/h11H,2-10H2,1H3,(H,13,14). The second kappa shape index (κ2) is 5.50. The van der Waals surface area contributed by atoms with Crippen LogP contribution in [0.1, 0.15) is 39.0 Å². The van der Waals surface area contributed by atoms with Crippen LogP contribution in [-0.4, -0.2) is 43.0 Å². The summed E-state index contributed by atoms with van der Waals surface area (Å²) in [5.41, 5.74) is 0. The zero-order valence-corrected chi connectivity index (χ0v) is 9.84. The van der Waals surface area contributed by atoms with E-state index in [-0.39, 0.29) is 0 Å². The van der Waals surface area contributed by atoms with Crippen LogP contribution in [0.3, 0.4) is 0 Å². The third-order valence-electron chi connectivity index (χ3n) is 3.27. The van der Waals surface area contributed by atoms with Crippen molar-refractivity contribution in [3.8, 4) is 0 Å². The fourth-order valence-electron chi connectivity index (χ4n) is 2.52. The Balaban J connectivity index is 1.68. The molecule has 3 nitrogen and oxygen atoms in total. The molecule has 0 spiro atoms. The smallest absolute Gasteiger partial charge is 0.0966 e. The summed E-state index contributed by atoms with van der Waals surface area (Å²) < 4.78 is 0. The predicted octanol–water partition coefficient (Wildman–Crippen LogP) is 1.64. The number of piperidine rings is 1. The zero-order chi connectivity index (χ0) is 10.5. The van der Waals surface area contributed by atoms with Crippen molar-refractivity contribution in [2.75, 3.05) is 26.2 Å². The van der Waals surface area contributed by atoms with E-state index in [1.165, 1.54) is 51.2 Å². The molecule has 2 rings (SSSR count). The maximum absolute atomic E-state index is 4.46. The van der Waals surface area contributed by atoms with Gasteiger partial charge in [0.05, 0.1) is 5.84 Å². The van der Waals surface area contributed by atoms with Crippen molar-refractivity contribution in [2.45, 2.75) is 45.1 Å². The molecule has 0 saturated carbocycles. The van der Waals surface area contributed by atoms with Crippen LogP contribution in [0.5, 0.6) is 0 Å². The van der Waals surface area contributed by atoms with Crippen LogP contribution in [0.25, 0.3) is 0 Å². The minimum atomic E-state index is 0.556. The molecular weight excluding hydrogens is 186 g/mol. The van der Waals surface area contributed by atoms with Crippen molar-refractivity contribution in [3.63, 3.8) is 0 Å². The summed E-state index contributed by atoms with van der Waals surface area (Å²) in [6, 6.07) is 0.556. The first-order chi connectivity index (χ1) is 7.34. The second-order valence-electron chi connectivity index (χ2n) is 4.84. The number of nitrogens with one attached hydrogen (secondary N) is 1. The molecule has 0 radical (unpaired) electrons. The summed E-state index contributed by atoms with van der Waals surface area (Å²) in [6.07, 6.45) is 6.58. The van der Waals surface area contributed by atoms with Crippen LogP contribution in [0.15, 0.2) is 4.99 Å². The predicted molar refractivity (Wildman–Crippen MR) is 64.4 cm³/mol. The molecule has 0 bridgehead atoms. The molecule has 3 heteroatoms. The van der Waals surface area contributed by atoms with Crippen LogP contribution in [0, 0.1) is 0 Å². The Morgan fingerprint density at radius 1 is 1.27 bits per heavy atom. The Hall–Kier alpha value is -0.570. The van der Waals surface area contributed by atoms with Crippen molar-refractivity contribution >= 4 is 5.84 Å². The molecular formula is C12H23N3. The van der Waals surface area contributed by atoms with E-state index in [1.807, 2.05) is 0 Å². The minimum Gasteiger partial charge on any atom is -0.370 e. The Kier molecular flexibility index (Phi) is 4.01. The molecule has 1 unspecified atom stereocenters. The first kappa shape index (κ1) is 10.9. The molecule has 2 aliphatic rings. The van der Waals surface area contributed by atoms with E-state index in [0.717, 1.165) is 13.0 Å². The van der Waals surface area contributed by atoms with Crippen LogP contribution >= 0.6 is 0 Å². The molecule has 86 valence electrons. The summed E-state index contributed by atoms with van der Waals surface area (Å²) in [6.45, 7) is 7.06. The van der Waals surface area contributed by atoms with Gasteiger partial charge in [0.25, 0.3) is 0 Å². The van der Waals surface area contributed by atoms with E-state index in [4.69, 9.17) is 0 Å². The Morgan fingerprint density at radius 3 is 2.73 bits per heavy atom. The molecule has 15 heavy (non-hydrogen) atoms. The van der Waals surface area contributed by atoms with Crippen molar-refractivity contribution in [1.82, 2.24) is 10.2 Å². The largest absolute Gasteiger partial charge is 0.370 e. The fourth-order valence-corrected chi connectivity index (χ4v) is 2.52. The van der Waals surface area contributed by atoms with E-state index >= 15 is 0 Å². The number of nitrogens with zero attached hydrogens (tertiary/aromatic N) is 2. The molecule has 1 saturated heterocycles. The number of hydrogen-bond acceptors (Lipinski definition) is 3. The third-order valence-corrected chi connectivity index (χ3v) is 3.27. The highest BCUT2D eigenvalue weighted by Gasteiger charge is 2.15. The molecule has 1 fully saturated rings. The highest BCUT2D eigenvalue weighted by molar-refractivity contribution is 5.83. The van der Waals surface area contributed by atoms with Gasteiger partial charge in [0.1, 0.15) is 0 Å². The minimum absolute atomic E-state index is 0.556. The lowest BCUT2D eigenvalue weighted by molar-refractivity contribution is 0.215. The lowest BCUT2D eigenvalue weighted by Gasteiger charge is -2.29. The summed E-state index contributed by atoms with van der Waals surface area (Å²) in [4.78, 5) is 7.04. The van der Waals surface area contributed by atoms with E-state index in [0.29, 0.717) is 6.04 Å². The number of rotatable bonds is 3. The summed E-state index contributed by atoms with van der Waals surface area (Å²) >= 11 is 0. The van der Waals surface area contributed by atoms with Gasteiger partial charge in [-0.05, 0) is 39.3 Å². The highest BCUT2D eigenvalue weighted by atomic mass is 15.2. The SMILES string of the molecule is CC(CN1CCCCC1)NC1=NCCC1. The number of amidine groups is 1. The first-order valence-electron chi connectivity index (χ1n) is 6.37.